The van der Waals surface area contributed by atoms with E-state index in [4.69, 9.17) is 4.74 Å². The molecule has 1 aliphatic rings. The molecule has 2 aromatic rings. The minimum absolute atomic E-state index is 0.00388. The third-order valence-corrected chi connectivity index (χ3v) is 5.11. The fourth-order valence-corrected chi connectivity index (χ4v) is 3.53. The Kier molecular flexibility index (Phi) is 5.24. The van der Waals surface area contributed by atoms with Gasteiger partial charge in [0.15, 0.2) is 0 Å². The Bertz CT molecular complexity index is 897. The third kappa shape index (κ3) is 4.03. The highest BCUT2D eigenvalue weighted by atomic mass is 32.2. The van der Waals surface area contributed by atoms with Gasteiger partial charge < -0.3 is 9.64 Å². The first-order valence-corrected chi connectivity index (χ1v) is 10.1. The van der Waals surface area contributed by atoms with Crippen molar-refractivity contribution in [2.24, 2.45) is 0 Å². The number of hydrogen-bond acceptors (Lipinski definition) is 5. The van der Waals surface area contributed by atoms with Crippen molar-refractivity contribution in [3.8, 4) is 5.75 Å². The summed E-state index contributed by atoms with van der Waals surface area (Å²) in [6.45, 7) is 0.557. The summed E-state index contributed by atoms with van der Waals surface area (Å²) in [5, 5.41) is 0. The number of ether oxygens (including phenoxy) is 1. The van der Waals surface area contributed by atoms with E-state index in [1.54, 1.807) is 48.7 Å². The molecular weight excluding hydrogens is 354 g/mol. The third-order valence-electron chi connectivity index (χ3n) is 4.42. The van der Waals surface area contributed by atoms with Gasteiger partial charge in [-0.2, -0.15) is 0 Å². The highest BCUT2D eigenvalue weighted by molar-refractivity contribution is 7.88. The Hall–Kier alpha value is -2.45. The number of sulfonamides is 1. The van der Waals surface area contributed by atoms with Crippen LogP contribution in [-0.2, 0) is 21.2 Å². The molecule has 1 aromatic carbocycles. The van der Waals surface area contributed by atoms with Gasteiger partial charge >= 0.3 is 0 Å². The van der Waals surface area contributed by atoms with Crippen molar-refractivity contribution in [1.82, 2.24) is 9.71 Å². The number of fused-ring (bicyclic) bond motifs is 1. The van der Waals surface area contributed by atoms with E-state index in [9.17, 15) is 13.2 Å². The van der Waals surface area contributed by atoms with E-state index < -0.39 is 15.9 Å². The van der Waals surface area contributed by atoms with Crippen LogP contribution in [0.1, 0.15) is 17.0 Å². The number of nitrogens with zero attached hydrogens (tertiary/aromatic N) is 2. The topological polar surface area (TPSA) is 88.6 Å². The average Bonchev–Trinajstić information content (AvgIpc) is 3.05. The van der Waals surface area contributed by atoms with Crippen molar-refractivity contribution in [2.45, 2.75) is 12.3 Å². The van der Waals surface area contributed by atoms with Crippen molar-refractivity contribution >= 4 is 21.6 Å². The largest absolute Gasteiger partial charge is 0.497 e. The maximum Gasteiger partial charge on any atom is 0.235 e. The summed E-state index contributed by atoms with van der Waals surface area (Å²) in [7, 11) is -1.85. The molecule has 1 aliphatic heterocycles. The van der Waals surface area contributed by atoms with Crippen molar-refractivity contribution < 1.29 is 17.9 Å². The van der Waals surface area contributed by atoms with Crippen molar-refractivity contribution in [3.63, 3.8) is 0 Å². The first-order valence-electron chi connectivity index (χ1n) is 8.22. The van der Waals surface area contributed by atoms with Crippen LogP contribution in [0.4, 0.5) is 5.69 Å². The van der Waals surface area contributed by atoms with Crippen LogP contribution < -0.4 is 14.4 Å². The van der Waals surface area contributed by atoms with Crippen LogP contribution in [0.5, 0.6) is 5.75 Å². The Morgan fingerprint density at radius 3 is 2.69 bits per heavy atom. The summed E-state index contributed by atoms with van der Waals surface area (Å²) in [5.41, 5.74) is 2.58. The second-order valence-electron chi connectivity index (χ2n) is 6.19. The maximum absolute atomic E-state index is 13.2. The lowest BCUT2D eigenvalue weighted by molar-refractivity contribution is -0.119. The van der Waals surface area contributed by atoms with E-state index in [1.165, 1.54) is 0 Å². The number of aromatic nitrogens is 1. The first kappa shape index (κ1) is 18.3. The molecule has 8 heteroatoms. The highest BCUT2D eigenvalue weighted by Gasteiger charge is 2.31. The molecule has 0 saturated carbocycles. The average molecular weight is 375 g/mol. The number of anilines is 1. The van der Waals surface area contributed by atoms with E-state index in [2.05, 4.69) is 9.71 Å². The number of carbonyl (C=O) groups excluding carboxylic acids is 1. The van der Waals surface area contributed by atoms with Gasteiger partial charge in [0.25, 0.3) is 0 Å². The molecule has 0 unspecified atom stereocenters. The molecule has 138 valence electrons. The van der Waals surface area contributed by atoms with E-state index >= 15 is 0 Å². The molecule has 26 heavy (non-hydrogen) atoms. The summed E-state index contributed by atoms with van der Waals surface area (Å²) < 4.78 is 30.7. The Morgan fingerprint density at radius 1 is 1.31 bits per heavy atom. The molecule has 1 aromatic heterocycles. The molecule has 0 spiro atoms. The van der Waals surface area contributed by atoms with Crippen LogP contribution >= 0.6 is 0 Å². The number of benzene rings is 1. The lowest BCUT2D eigenvalue weighted by Gasteiger charge is -2.24. The molecule has 7 nitrogen and oxygen atoms in total. The van der Waals surface area contributed by atoms with Crippen LogP contribution in [0, 0.1) is 0 Å². The molecule has 2 heterocycles. The normalized spacial score (nSPS) is 14.8. The quantitative estimate of drug-likeness (QED) is 0.822. The predicted molar refractivity (Wildman–Crippen MR) is 98.9 cm³/mol. The number of carbonyl (C=O) groups is 1. The van der Waals surface area contributed by atoms with Gasteiger partial charge in [-0.1, -0.05) is 12.1 Å². The smallest absolute Gasteiger partial charge is 0.235 e. The summed E-state index contributed by atoms with van der Waals surface area (Å²) in [6, 6.07) is 8.99. The fourth-order valence-electron chi connectivity index (χ4n) is 3.06. The number of methoxy groups -OCH3 is 1. The van der Waals surface area contributed by atoms with Gasteiger partial charge in [0.05, 0.1) is 31.2 Å². The van der Waals surface area contributed by atoms with Crippen LogP contribution in [0.3, 0.4) is 0 Å². The number of rotatable bonds is 6. The molecule has 0 bridgehead atoms. The Morgan fingerprint density at radius 2 is 2.04 bits per heavy atom. The van der Waals surface area contributed by atoms with Gasteiger partial charge in [-0.3, -0.25) is 9.78 Å². The predicted octanol–water partition coefficient (Wildman–Crippen LogP) is 1.31. The van der Waals surface area contributed by atoms with E-state index in [-0.39, 0.29) is 12.5 Å². The highest BCUT2D eigenvalue weighted by Crippen LogP contribution is 2.30. The second kappa shape index (κ2) is 7.43. The summed E-state index contributed by atoms with van der Waals surface area (Å²) >= 11 is 0. The molecule has 1 amide bonds. The van der Waals surface area contributed by atoms with Crippen LogP contribution in [0.2, 0.25) is 0 Å². The molecule has 1 N–H and O–H groups in total. The van der Waals surface area contributed by atoms with E-state index in [1.807, 2.05) is 6.07 Å². The second-order valence-corrected chi connectivity index (χ2v) is 8.02. The van der Waals surface area contributed by atoms with Crippen LogP contribution in [0.15, 0.2) is 42.7 Å². The molecular formula is C18H21N3O4S. The van der Waals surface area contributed by atoms with Gasteiger partial charge in [0.1, 0.15) is 5.75 Å². The molecule has 0 fully saturated rings. The van der Waals surface area contributed by atoms with Crippen molar-refractivity contribution in [1.29, 1.82) is 0 Å². The molecule has 0 saturated heterocycles. The van der Waals surface area contributed by atoms with Gasteiger partial charge in [-0.05, 0) is 35.7 Å². The van der Waals surface area contributed by atoms with Gasteiger partial charge in [0, 0.05) is 19.3 Å². The summed E-state index contributed by atoms with van der Waals surface area (Å²) in [4.78, 5) is 19.0. The van der Waals surface area contributed by atoms with Gasteiger partial charge in [0.2, 0.25) is 15.9 Å². The molecule has 1 atom stereocenters. The lowest BCUT2D eigenvalue weighted by atomic mass is 9.97. The SMILES string of the molecule is COc1ccc([C@@H](CNS(C)(=O)=O)C(=O)N2CCc3ccncc32)cc1. The zero-order valence-corrected chi connectivity index (χ0v) is 15.5. The molecule has 0 aliphatic carbocycles. The number of pyridine rings is 1. The summed E-state index contributed by atoms with van der Waals surface area (Å²) in [5.74, 6) is -0.119. The Balaban J connectivity index is 1.90. The molecule has 0 radical (unpaired) electrons. The van der Waals surface area contributed by atoms with Crippen LogP contribution in [0.25, 0.3) is 0 Å². The van der Waals surface area contributed by atoms with E-state index in [0.29, 0.717) is 12.3 Å². The zero-order chi connectivity index (χ0) is 18.7. The minimum atomic E-state index is -3.42. The van der Waals surface area contributed by atoms with Crippen molar-refractivity contribution in [3.05, 3.63) is 53.9 Å². The minimum Gasteiger partial charge on any atom is -0.497 e. The van der Waals surface area contributed by atoms with E-state index in [0.717, 1.165) is 29.5 Å². The van der Waals surface area contributed by atoms with Gasteiger partial charge in [-0.15, -0.1) is 0 Å². The first-order chi connectivity index (χ1) is 12.4. The Labute approximate surface area is 153 Å². The number of amides is 1. The monoisotopic (exact) mass is 375 g/mol. The van der Waals surface area contributed by atoms with Crippen LogP contribution in [-0.4, -0.2) is 45.8 Å². The lowest BCUT2D eigenvalue weighted by Crippen LogP contribution is -2.39. The number of hydrogen-bond donors (Lipinski definition) is 1. The zero-order valence-electron chi connectivity index (χ0n) is 14.7. The van der Waals surface area contributed by atoms with Crippen molar-refractivity contribution in [2.75, 3.05) is 31.4 Å². The fraction of sp³-hybridized carbons (Fsp3) is 0.333. The van der Waals surface area contributed by atoms with Gasteiger partial charge in [-0.25, -0.2) is 13.1 Å². The standard InChI is InChI=1S/C18H21N3O4S/c1-25-15-5-3-13(4-6-15)16(11-20-26(2,23)24)18(22)21-10-8-14-7-9-19-12-17(14)21/h3-7,9,12,16,20H,8,10-11H2,1-2H3/t16-/m1/s1. The molecule has 3 rings (SSSR count). The maximum atomic E-state index is 13.2. The summed E-state index contributed by atoms with van der Waals surface area (Å²) in [6.07, 6.45) is 5.23. The number of nitrogens with one attached hydrogen (secondary N) is 1.